The molecule has 1 unspecified atom stereocenters. The van der Waals surface area contributed by atoms with Gasteiger partial charge in [0.1, 0.15) is 0 Å². The quantitative estimate of drug-likeness (QED) is 0.515. The van der Waals surface area contributed by atoms with Crippen molar-refractivity contribution in [2.75, 3.05) is 13.1 Å². The van der Waals surface area contributed by atoms with Gasteiger partial charge < -0.3 is 4.90 Å². The molecular formula is C9H16N2. The largest absolute Gasteiger partial charge is 0.358 e. The van der Waals surface area contributed by atoms with Crippen LogP contribution in [0.15, 0.2) is 4.99 Å². The Hall–Kier alpha value is -0.530. The van der Waals surface area contributed by atoms with Crippen LogP contribution in [0.4, 0.5) is 0 Å². The SMILES string of the molecule is CC1=NCCCC2CCCN12. The third-order valence-corrected chi connectivity index (χ3v) is 2.83. The fraction of sp³-hybridized carbons (Fsp3) is 0.889. The lowest BCUT2D eigenvalue weighted by molar-refractivity contribution is 0.373. The first kappa shape index (κ1) is 7.14. The predicted octanol–water partition coefficient (Wildman–Crippen LogP) is 1.66. The Morgan fingerprint density at radius 2 is 2.18 bits per heavy atom. The van der Waals surface area contributed by atoms with Crippen molar-refractivity contribution in [1.29, 1.82) is 0 Å². The van der Waals surface area contributed by atoms with E-state index in [1.807, 2.05) is 0 Å². The summed E-state index contributed by atoms with van der Waals surface area (Å²) in [6, 6.07) is 0.834. The molecule has 0 aromatic carbocycles. The minimum atomic E-state index is 0.834. The van der Waals surface area contributed by atoms with Crippen LogP contribution in [-0.2, 0) is 0 Å². The van der Waals surface area contributed by atoms with Crippen LogP contribution in [-0.4, -0.2) is 29.9 Å². The van der Waals surface area contributed by atoms with Crippen LogP contribution in [0.2, 0.25) is 0 Å². The number of hydrogen-bond acceptors (Lipinski definition) is 2. The smallest absolute Gasteiger partial charge is 0.0959 e. The van der Waals surface area contributed by atoms with Gasteiger partial charge in [0.15, 0.2) is 0 Å². The van der Waals surface area contributed by atoms with E-state index in [9.17, 15) is 0 Å². The fourth-order valence-electron chi connectivity index (χ4n) is 2.22. The van der Waals surface area contributed by atoms with E-state index in [1.165, 1.54) is 38.1 Å². The summed E-state index contributed by atoms with van der Waals surface area (Å²) in [5, 5.41) is 0. The van der Waals surface area contributed by atoms with Crippen molar-refractivity contribution in [3.05, 3.63) is 0 Å². The third-order valence-electron chi connectivity index (χ3n) is 2.83. The normalized spacial score (nSPS) is 31.2. The number of rotatable bonds is 0. The monoisotopic (exact) mass is 152 g/mol. The van der Waals surface area contributed by atoms with Gasteiger partial charge in [0.2, 0.25) is 0 Å². The van der Waals surface area contributed by atoms with Crippen LogP contribution in [0.1, 0.15) is 32.6 Å². The van der Waals surface area contributed by atoms with Crippen molar-refractivity contribution in [3.8, 4) is 0 Å². The maximum Gasteiger partial charge on any atom is 0.0959 e. The highest BCUT2D eigenvalue weighted by molar-refractivity contribution is 5.80. The van der Waals surface area contributed by atoms with Gasteiger partial charge in [-0.15, -0.1) is 0 Å². The van der Waals surface area contributed by atoms with Gasteiger partial charge in [-0.25, -0.2) is 0 Å². The number of hydrogen-bond donors (Lipinski definition) is 0. The molecule has 1 saturated heterocycles. The summed E-state index contributed by atoms with van der Waals surface area (Å²) in [5.41, 5.74) is 0. The van der Waals surface area contributed by atoms with Gasteiger partial charge >= 0.3 is 0 Å². The van der Waals surface area contributed by atoms with E-state index < -0.39 is 0 Å². The minimum absolute atomic E-state index is 0.834. The molecule has 0 aromatic rings. The van der Waals surface area contributed by atoms with Crippen molar-refractivity contribution >= 4 is 5.84 Å². The Balaban J connectivity index is 2.14. The number of fused-ring (bicyclic) bond motifs is 1. The second-order valence-corrected chi connectivity index (χ2v) is 3.56. The van der Waals surface area contributed by atoms with E-state index in [-0.39, 0.29) is 0 Å². The van der Waals surface area contributed by atoms with Crippen LogP contribution in [0.25, 0.3) is 0 Å². The second-order valence-electron chi connectivity index (χ2n) is 3.56. The van der Waals surface area contributed by atoms with Crippen molar-refractivity contribution in [1.82, 2.24) is 4.90 Å². The molecule has 0 bridgehead atoms. The van der Waals surface area contributed by atoms with E-state index >= 15 is 0 Å². The molecule has 62 valence electrons. The maximum atomic E-state index is 4.51. The van der Waals surface area contributed by atoms with E-state index in [4.69, 9.17) is 0 Å². The molecule has 2 aliphatic heterocycles. The Morgan fingerprint density at radius 3 is 3.09 bits per heavy atom. The van der Waals surface area contributed by atoms with Gasteiger partial charge in [-0.2, -0.15) is 0 Å². The number of amidine groups is 1. The van der Waals surface area contributed by atoms with E-state index in [0.717, 1.165) is 12.6 Å². The molecule has 1 atom stereocenters. The molecule has 0 amide bonds. The Bertz CT molecular complexity index is 174. The van der Waals surface area contributed by atoms with Crippen molar-refractivity contribution < 1.29 is 0 Å². The summed E-state index contributed by atoms with van der Waals surface area (Å²) in [6.07, 6.45) is 5.42. The van der Waals surface area contributed by atoms with Gasteiger partial charge in [0, 0.05) is 19.1 Å². The van der Waals surface area contributed by atoms with Gasteiger partial charge in [0.05, 0.1) is 5.84 Å². The molecule has 11 heavy (non-hydrogen) atoms. The number of aliphatic imine (C=N–C) groups is 1. The highest BCUT2D eigenvalue weighted by Gasteiger charge is 2.25. The zero-order valence-corrected chi connectivity index (χ0v) is 7.21. The molecule has 0 aromatic heterocycles. The van der Waals surface area contributed by atoms with Crippen LogP contribution in [0, 0.1) is 0 Å². The van der Waals surface area contributed by atoms with Gasteiger partial charge in [-0.3, -0.25) is 4.99 Å². The molecule has 0 radical (unpaired) electrons. The summed E-state index contributed by atoms with van der Waals surface area (Å²) in [7, 11) is 0. The second kappa shape index (κ2) is 2.84. The van der Waals surface area contributed by atoms with Gasteiger partial charge in [-0.05, 0) is 32.6 Å². The first-order chi connectivity index (χ1) is 5.38. The van der Waals surface area contributed by atoms with Crippen LogP contribution < -0.4 is 0 Å². The van der Waals surface area contributed by atoms with Gasteiger partial charge in [0.25, 0.3) is 0 Å². The van der Waals surface area contributed by atoms with Crippen LogP contribution in [0.5, 0.6) is 0 Å². The molecular weight excluding hydrogens is 136 g/mol. The van der Waals surface area contributed by atoms with Crippen molar-refractivity contribution in [3.63, 3.8) is 0 Å². The average Bonchev–Trinajstić information content (AvgIpc) is 2.40. The zero-order valence-electron chi connectivity index (χ0n) is 7.21. The fourth-order valence-corrected chi connectivity index (χ4v) is 2.22. The molecule has 0 saturated carbocycles. The van der Waals surface area contributed by atoms with Gasteiger partial charge in [-0.1, -0.05) is 0 Å². The molecule has 2 heteroatoms. The average molecular weight is 152 g/mol. The van der Waals surface area contributed by atoms with Crippen molar-refractivity contribution in [2.45, 2.75) is 38.6 Å². The lowest BCUT2D eigenvalue weighted by Crippen LogP contribution is -2.32. The Labute approximate surface area is 68.3 Å². The molecule has 2 rings (SSSR count). The number of nitrogens with zero attached hydrogens (tertiary/aromatic N) is 2. The lowest BCUT2D eigenvalue weighted by atomic mass is 10.1. The first-order valence-electron chi connectivity index (χ1n) is 4.65. The lowest BCUT2D eigenvalue weighted by Gasteiger charge is -2.23. The molecule has 2 aliphatic rings. The summed E-state index contributed by atoms with van der Waals surface area (Å²) < 4.78 is 0. The topological polar surface area (TPSA) is 15.6 Å². The summed E-state index contributed by atoms with van der Waals surface area (Å²) in [6.45, 7) is 4.46. The van der Waals surface area contributed by atoms with Crippen LogP contribution >= 0.6 is 0 Å². The summed E-state index contributed by atoms with van der Waals surface area (Å²) >= 11 is 0. The molecule has 2 heterocycles. The Kier molecular flexibility index (Phi) is 1.84. The highest BCUT2D eigenvalue weighted by atomic mass is 15.2. The molecule has 0 N–H and O–H groups in total. The standard InChI is InChI=1S/C9H16N2/c1-8-10-6-2-4-9-5-3-7-11(8)9/h9H,2-7H2,1H3. The summed E-state index contributed by atoms with van der Waals surface area (Å²) in [5.74, 6) is 1.28. The van der Waals surface area contributed by atoms with Crippen molar-refractivity contribution in [2.24, 2.45) is 4.99 Å². The molecule has 2 nitrogen and oxygen atoms in total. The molecule has 0 spiro atoms. The summed E-state index contributed by atoms with van der Waals surface area (Å²) in [4.78, 5) is 7.00. The van der Waals surface area contributed by atoms with E-state index in [2.05, 4.69) is 16.8 Å². The zero-order chi connectivity index (χ0) is 7.68. The van der Waals surface area contributed by atoms with E-state index in [0.29, 0.717) is 0 Å². The van der Waals surface area contributed by atoms with E-state index in [1.54, 1.807) is 0 Å². The minimum Gasteiger partial charge on any atom is -0.358 e. The van der Waals surface area contributed by atoms with Crippen LogP contribution in [0.3, 0.4) is 0 Å². The molecule has 0 aliphatic carbocycles. The molecule has 1 fully saturated rings. The third kappa shape index (κ3) is 1.26. The highest BCUT2D eigenvalue weighted by Crippen LogP contribution is 2.23. The predicted molar refractivity (Wildman–Crippen MR) is 46.9 cm³/mol. The Morgan fingerprint density at radius 1 is 1.36 bits per heavy atom. The first-order valence-corrected chi connectivity index (χ1v) is 4.65. The maximum absolute atomic E-state index is 4.51.